The number of rotatable bonds is 4. The molecule has 0 saturated carbocycles. The van der Waals surface area contributed by atoms with Crippen molar-refractivity contribution in [2.75, 3.05) is 7.11 Å². The van der Waals surface area contributed by atoms with Crippen LogP contribution >= 0.6 is 11.8 Å². The molecule has 0 amide bonds. The molecule has 1 aromatic carbocycles. The molecule has 0 unspecified atom stereocenters. The van der Waals surface area contributed by atoms with Gasteiger partial charge in [0.25, 0.3) is 0 Å². The summed E-state index contributed by atoms with van der Waals surface area (Å²) in [5.41, 5.74) is -0.361. The fourth-order valence-corrected chi connectivity index (χ4v) is 2.35. The van der Waals surface area contributed by atoms with Gasteiger partial charge in [-0.3, -0.25) is 0 Å². The van der Waals surface area contributed by atoms with Crippen LogP contribution in [0.1, 0.15) is 10.4 Å². The molecular weight excluding hydrogens is 269 g/mol. The van der Waals surface area contributed by atoms with E-state index in [0.717, 1.165) is 6.07 Å². The lowest BCUT2D eigenvalue weighted by molar-refractivity contribution is 0.0691. The van der Waals surface area contributed by atoms with E-state index in [1.165, 1.54) is 31.0 Å². The second-order valence-corrected chi connectivity index (χ2v) is 4.62. The van der Waals surface area contributed by atoms with Gasteiger partial charge in [-0.25, -0.2) is 14.2 Å². The summed E-state index contributed by atoms with van der Waals surface area (Å²) in [6.07, 6.45) is 1.60. The van der Waals surface area contributed by atoms with Crippen LogP contribution in [0.5, 0.6) is 5.75 Å². The van der Waals surface area contributed by atoms with Crippen LogP contribution in [0.4, 0.5) is 4.39 Å². The molecule has 0 bridgehead atoms. The number of aromatic carboxylic acids is 1. The van der Waals surface area contributed by atoms with E-state index in [2.05, 4.69) is 4.98 Å². The van der Waals surface area contributed by atoms with Crippen LogP contribution in [-0.2, 0) is 0 Å². The number of hydrogen-bond donors (Lipinski definition) is 1. The Morgan fingerprint density at radius 1 is 1.42 bits per heavy atom. The molecule has 4 nitrogen and oxygen atoms in total. The van der Waals surface area contributed by atoms with Crippen LogP contribution in [0.3, 0.4) is 0 Å². The number of aromatic nitrogens is 1. The summed E-state index contributed by atoms with van der Waals surface area (Å²) in [6, 6.07) is 7.38. The fraction of sp³-hybridized carbons (Fsp3) is 0.0769. The Balaban J connectivity index is 2.33. The van der Waals surface area contributed by atoms with E-state index < -0.39 is 11.8 Å². The largest absolute Gasteiger partial charge is 0.494 e. The maximum absolute atomic E-state index is 13.3. The molecule has 0 spiro atoms. The summed E-state index contributed by atoms with van der Waals surface area (Å²) in [5, 5.41) is 9.46. The predicted octanol–water partition coefficient (Wildman–Crippen LogP) is 3.08. The Labute approximate surface area is 113 Å². The van der Waals surface area contributed by atoms with Gasteiger partial charge in [0.15, 0.2) is 5.75 Å². The van der Waals surface area contributed by atoms with Crippen LogP contribution < -0.4 is 4.74 Å². The first kappa shape index (κ1) is 13.4. The number of benzene rings is 1. The van der Waals surface area contributed by atoms with E-state index in [1.54, 1.807) is 18.3 Å². The van der Waals surface area contributed by atoms with Gasteiger partial charge in [0.1, 0.15) is 10.8 Å². The van der Waals surface area contributed by atoms with Crippen LogP contribution in [0.2, 0.25) is 0 Å². The van der Waals surface area contributed by atoms with Gasteiger partial charge in [0.05, 0.1) is 12.7 Å². The Morgan fingerprint density at radius 3 is 2.89 bits per heavy atom. The molecule has 2 aromatic rings. The lowest BCUT2D eigenvalue weighted by Crippen LogP contribution is -2.00. The SMILES string of the molecule is COc1cccnc1Sc1ccc(F)c(C(=O)O)c1. The third-order valence-corrected chi connectivity index (χ3v) is 3.33. The number of hydrogen-bond acceptors (Lipinski definition) is 4. The molecule has 98 valence electrons. The summed E-state index contributed by atoms with van der Waals surface area (Å²) in [7, 11) is 1.52. The van der Waals surface area contributed by atoms with E-state index >= 15 is 0 Å². The predicted molar refractivity (Wildman–Crippen MR) is 68.3 cm³/mol. The van der Waals surface area contributed by atoms with Crippen molar-refractivity contribution in [1.82, 2.24) is 4.98 Å². The van der Waals surface area contributed by atoms with E-state index in [0.29, 0.717) is 15.7 Å². The molecule has 0 aliphatic heterocycles. The molecule has 0 atom stereocenters. The highest BCUT2D eigenvalue weighted by Crippen LogP contribution is 2.33. The molecule has 19 heavy (non-hydrogen) atoms. The normalized spacial score (nSPS) is 10.2. The molecular formula is C13H10FNO3S. The number of ether oxygens (including phenoxy) is 1. The average Bonchev–Trinajstić information content (AvgIpc) is 2.41. The van der Waals surface area contributed by atoms with Crippen molar-refractivity contribution in [2.24, 2.45) is 0 Å². The summed E-state index contributed by atoms with van der Waals surface area (Å²) in [5.74, 6) is -1.48. The number of pyridine rings is 1. The molecule has 0 aliphatic rings. The highest BCUT2D eigenvalue weighted by Gasteiger charge is 2.13. The summed E-state index contributed by atoms with van der Waals surface area (Å²) < 4.78 is 18.4. The quantitative estimate of drug-likeness (QED) is 0.932. The molecule has 0 fully saturated rings. The lowest BCUT2D eigenvalue weighted by Gasteiger charge is -2.07. The zero-order chi connectivity index (χ0) is 13.8. The first-order valence-electron chi connectivity index (χ1n) is 5.31. The number of carbonyl (C=O) groups is 1. The molecule has 0 radical (unpaired) electrons. The highest BCUT2D eigenvalue weighted by atomic mass is 32.2. The Morgan fingerprint density at radius 2 is 2.21 bits per heavy atom. The van der Waals surface area contributed by atoms with Crippen molar-refractivity contribution in [2.45, 2.75) is 9.92 Å². The summed E-state index contributed by atoms with van der Waals surface area (Å²) in [6.45, 7) is 0. The highest BCUT2D eigenvalue weighted by molar-refractivity contribution is 7.99. The van der Waals surface area contributed by atoms with E-state index in [4.69, 9.17) is 9.84 Å². The Bertz CT molecular complexity index is 619. The molecule has 1 heterocycles. The van der Waals surface area contributed by atoms with Crippen LogP contribution in [0.25, 0.3) is 0 Å². The van der Waals surface area contributed by atoms with Gasteiger partial charge in [-0.1, -0.05) is 11.8 Å². The number of halogens is 1. The fourth-order valence-electron chi connectivity index (χ4n) is 1.45. The molecule has 0 aliphatic carbocycles. The number of methoxy groups -OCH3 is 1. The third-order valence-electron chi connectivity index (χ3n) is 2.34. The van der Waals surface area contributed by atoms with Crippen molar-refractivity contribution >= 4 is 17.7 Å². The van der Waals surface area contributed by atoms with E-state index in [-0.39, 0.29) is 5.56 Å². The minimum Gasteiger partial charge on any atom is -0.494 e. The van der Waals surface area contributed by atoms with E-state index in [1.807, 2.05) is 0 Å². The van der Waals surface area contributed by atoms with Gasteiger partial charge in [-0.2, -0.15) is 0 Å². The van der Waals surface area contributed by atoms with Crippen LogP contribution in [-0.4, -0.2) is 23.2 Å². The lowest BCUT2D eigenvalue weighted by atomic mass is 10.2. The van der Waals surface area contributed by atoms with Crippen molar-refractivity contribution in [1.29, 1.82) is 0 Å². The van der Waals surface area contributed by atoms with Crippen molar-refractivity contribution in [3.05, 3.63) is 47.9 Å². The third kappa shape index (κ3) is 3.03. The Hall–Kier alpha value is -2.08. The van der Waals surface area contributed by atoms with Crippen LogP contribution in [0, 0.1) is 5.82 Å². The zero-order valence-corrected chi connectivity index (χ0v) is 10.8. The van der Waals surface area contributed by atoms with Gasteiger partial charge in [-0.05, 0) is 30.3 Å². The molecule has 1 aromatic heterocycles. The van der Waals surface area contributed by atoms with Gasteiger partial charge >= 0.3 is 5.97 Å². The Kier molecular flexibility index (Phi) is 4.01. The molecule has 1 N–H and O–H groups in total. The minimum absolute atomic E-state index is 0.361. The topological polar surface area (TPSA) is 59.4 Å². The number of carboxylic acids is 1. The number of nitrogens with zero attached hydrogens (tertiary/aromatic N) is 1. The van der Waals surface area contributed by atoms with Gasteiger partial charge < -0.3 is 9.84 Å². The van der Waals surface area contributed by atoms with Gasteiger partial charge in [0, 0.05) is 11.1 Å². The van der Waals surface area contributed by atoms with Gasteiger partial charge in [-0.15, -0.1) is 0 Å². The molecule has 6 heteroatoms. The standard InChI is InChI=1S/C13H10FNO3S/c1-18-11-3-2-6-15-12(11)19-8-4-5-10(14)9(7-8)13(16)17/h2-7H,1H3,(H,16,17). The molecule has 2 rings (SSSR count). The van der Waals surface area contributed by atoms with Crippen molar-refractivity contribution in [3.63, 3.8) is 0 Å². The molecule has 0 saturated heterocycles. The summed E-state index contributed by atoms with van der Waals surface area (Å²) >= 11 is 1.21. The maximum Gasteiger partial charge on any atom is 0.338 e. The second kappa shape index (κ2) is 5.71. The smallest absolute Gasteiger partial charge is 0.338 e. The van der Waals surface area contributed by atoms with Crippen LogP contribution in [0.15, 0.2) is 46.5 Å². The minimum atomic E-state index is -1.30. The monoisotopic (exact) mass is 279 g/mol. The maximum atomic E-state index is 13.3. The zero-order valence-electron chi connectivity index (χ0n) is 9.96. The first-order valence-corrected chi connectivity index (χ1v) is 6.13. The first-order chi connectivity index (χ1) is 9.11. The summed E-state index contributed by atoms with van der Waals surface area (Å²) in [4.78, 5) is 15.6. The van der Waals surface area contributed by atoms with Crippen molar-refractivity contribution < 1.29 is 19.0 Å². The average molecular weight is 279 g/mol. The second-order valence-electron chi connectivity index (χ2n) is 3.56. The van der Waals surface area contributed by atoms with Gasteiger partial charge in [0.2, 0.25) is 0 Å². The van der Waals surface area contributed by atoms with E-state index in [9.17, 15) is 9.18 Å². The van der Waals surface area contributed by atoms with Crippen molar-refractivity contribution in [3.8, 4) is 5.75 Å². The number of carboxylic acid groups (broad SMARTS) is 1.